The fraction of sp³-hybridized carbons (Fsp3) is 0.846. The molecule has 0 spiro atoms. The quantitative estimate of drug-likeness (QED) is 0.528. The highest BCUT2D eigenvalue weighted by atomic mass is 16.5. The maximum absolute atomic E-state index is 11.5. The summed E-state index contributed by atoms with van der Waals surface area (Å²) in [5.74, 6) is -0.867. The van der Waals surface area contributed by atoms with E-state index >= 15 is 0 Å². The molecule has 0 aromatic rings. The summed E-state index contributed by atoms with van der Waals surface area (Å²) in [6.07, 6.45) is 1.72. The summed E-state index contributed by atoms with van der Waals surface area (Å²) < 4.78 is 5.15. The number of hydrogen-bond acceptors (Lipinski definition) is 3. The van der Waals surface area contributed by atoms with Crippen LogP contribution in [0.25, 0.3) is 0 Å². The molecule has 0 aliphatic carbocycles. The SMILES string of the molecule is CCOCCCNC(=O)NCC(CC)(CC)C(=O)O. The van der Waals surface area contributed by atoms with Gasteiger partial charge in [0.2, 0.25) is 0 Å². The lowest BCUT2D eigenvalue weighted by Gasteiger charge is -2.26. The summed E-state index contributed by atoms with van der Waals surface area (Å²) in [6.45, 7) is 7.50. The summed E-state index contributed by atoms with van der Waals surface area (Å²) in [4.78, 5) is 22.8. The number of nitrogens with one attached hydrogen (secondary N) is 2. The van der Waals surface area contributed by atoms with Crippen LogP contribution in [-0.4, -0.2) is 43.4 Å². The van der Waals surface area contributed by atoms with Crippen molar-refractivity contribution in [2.24, 2.45) is 5.41 Å². The van der Waals surface area contributed by atoms with Crippen molar-refractivity contribution in [2.75, 3.05) is 26.3 Å². The Bertz CT molecular complexity index is 278. The number of urea groups is 1. The molecule has 2 amide bonds. The van der Waals surface area contributed by atoms with E-state index in [4.69, 9.17) is 4.74 Å². The third-order valence-electron chi connectivity index (χ3n) is 3.35. The van der Waals surface area contributed by atoms with Crippen molar-refractivity contribution in [2.45, 2.75) is 40.0 Å². The summed E-state index contributed by atoms with van der Waals surface area (Å²) in [7, 11) is 0. The van der Waals surface area contributed by atoms with Crippen molar-refractivity contribution in [3.63, 3.8) is 0 Å². The molecule has 0 fully saturated rings. The summed E-state index contributed by atoms with van der Waals surface area (Å²) >= 11 is 0. The van der Waals surface area contributed by atoms with Gasteiger partial charge in [-0.25, -0.2) is 4.79 Å². The topological polar surface area (TPSA) is 87.7 Å². The third-order valence-corrected chi connectivity index (χ3v) is 3.35. The van der Waals surface area contributed by atoms with Gasteiger partial charge >= 0.3 is 12.0 Å². The van der Waals surface area contributed by atoms with Crippen molar-refractivity contribution in [3.8, 4) is 0 Å². The van der Waals surface area contributed by atoms with Crippen LogP contribution in [-0.2, 0) is 9.53 Å². The minimum atomic E-state index is -0.872. The molecule has 0 atom stereocenters. The van der Waals surface area contributed by atoms with Crippen molar-refractivity contribution in [1.82, 2.24) is 10.6 Å². The number of hydrogen-bond donors (Lipinski definition) is 3. The average molecular weight is 274 g/mol. The van der Waals surface area contributed by atoms with Gasteiger partial charge in [-0.15, -0.1) is 0 Å². The van der Waals surface area contributed by atoms with Gasteiger partial charge < -0.3 is 20.5 Å². The fourth-order valence-corrected chi connectivity index (χ4v) is 1.71. The van der Waals surface area contributed by atoms with Gasteiger partial charge in [-0.3, -0.25) is 4.79 Å². The molecular weight excluding hydrogens is 248 g/mol. The Labute approximate surface area is 114 Å². The first kappa shape index (κ1) is 17.7. The largest absolute Gasteiger partial charge is 0.481 e. The molecule has 0 radical (unpaired) electrons. The fourth-order valence-electron chi connectivity index (χ4n) is 1.71. The summed E-state index contributed by atoms with van der Waals surface area (Å²) in [6, 6.07) is -0.330. The Morgan fingerprint density at radius 1 is 1.16 bits per heavy atom. The van der Waals surface area contributed by atoms with Gasteiger partial charge in [0.25, 0.3) is 0 Å². The van der Waals surface area contributed by atoms with Crippen LogP contribution in [0.2, 0.25) is 0 Å². The molecule has 112 valence electrons. The van der Waals surface area contributed by atoms with Gasteiger partial charge in [-0.1, -0.05) is 13.8 Å². The molecule has 0 aromatic carbocycles. The summed E-state index contributed by atoms with van der Waals surface area (Å²) in [5.41, 5.74) is -0.872. The second-order valence-electron chi connectivity index (χ2n) is 4.45. The Morgan fingerprint density at radius 3 is 2.26 bits per heavy atom. The molecule has 0 bridgehead atoms. The van der Waals surface area contributed by atoms with Crippen molar-refractivity contribution < 1.29 is 19.4 Å². The van der Waals surface area contributed by atoms with Gasteiger partial charge in [0.1, 0.15) is 0 Å². The summed E-state index contributed by atoms with van der Waals surface area (Å²) in [5, 5.41) is 14.5. The molecule has 0 saturated carbocycles. The second-order valence-corrected chi connectivity index (χ2v) is 4.45. The Balaban J connectivity index is 3.96. The number of rotatable bonds is 10. The molecule has 0 rings (SSSR count). The third kappa shape index (κ3) is 6.42. The minimum absolute atomic E-state index is 0.145. The maximum Gasteiger partial charge on any atom is 0.314 e. The van der Waals surface area contributed by atoms with Crippen LogP contribution in [0.15, 0.2) is 0 Å². The number of carbonyl (C=O) groups is 2. The van der Waals surface area contributed by atoms with Crippen molar-refractivity contribution in [3.05, 3.63) is 0 Å². The first-order valence-electron chi connectivity index (χ1n) is 6.85. The Morgan fingerprint density at radius 2 is 1.79 bits per heavy atom. The highest BCUT2D eigenvalue weighted by Crippen LogP contribution is 2.25. The molecule has 0 heterocycles. The lowest BCUT2D eigenvalue weighted by atomic mass is 9.82. The van der Waals surface area contributed by atoms with Gasteiger partial charge in [0.15, 0.2) is 0 Å². The van der Waals surface area contributed by atoms with Crippen LogP contribution in [0.1, 0.15) is 40.0 Å². The molecule has 0 aliphatic rings. The molecule has 6 heteroatoms. The predicted octanol–water partition coefficient (Wildman–Crippen LogP) is 1.60. The van der Waals surface area contributed by atoms with Crippen LogP contribution >= 0.6 is 0 Å². The molecule has 19 heavy (non-hydrogen) atoms. The van der Waals surface area contributed by atoms with Crippen molar-refractivity contribution in [1.29, 1.82) is 0 Å². The van der Waals surface area contributed by atoms with E-state index in [1.54, 1.807) is 0 Å². The zero-order chi connectivity index (χ0) is 14.7. The van der Waals surface area contributed by atoms with Crippen molar-refractivity contribution >= 4 is 12.0 Å². The zero-order valence-corrected chi connectivity index (χ0v) is 12.1. The van der Waals surface area contributed by atoms with Crippen LogP contribution in [0, 0.1) is 5.41 Å². The van der Waals surface area contributed by atoms with Gasteiger partial charge in [-0.2, -0.15) is 0 Å². The van der Waals surface area contributed by atoms with E-state index in [1.807, 2.05) is 20.8 Å². The van der Waals surface area contributed by atoms with E-state index in [0.29, 0.717) is 32.6 Å². The highest BCUT2D eigenvalue weighted by molar-refractivity contribution is 5.78. The van der Waals surface area contributed by atoms with E-state index in [2.05, 4.69) is 10.6 Å². The number of ether oxygens (including phenoxy) is 1. The van der Waals surface area contributed by atoms with E-state index in [-0.39, 0.29) is 12.6 Å². The van der Waals surface area contributed by atoms with Crippen LogP contribution in [0.4, 0.5) is 4.79 Å². The lowest BCUT2D eigenvalue weighted by molar-refractivity contribution is -0.149. The maximum atomic E-state index is 11.5. The van der Waals surface area contributed by atoms with Gasteiger partial charge in [0, 0.05) is 26.3 Å². The minimum Gasteiger partial charge on any atom is -0.481 e. The molecular formula is C13H26N2O4. The molecule has 0 unspecified atom stereocenters. The number of aliphatic carboxylic acids is 1. The second kappa shape index (κ2) is 9.61. The first-order chi connectivity index (χ1) is 9.02. The van der Waals surface area contributed by atoms with E-state index < -0.39 is 11.4 Å². The molecule has 6 nitrogen and oxygen atoms in total. The van der Waals surface area contributed by atoms with E-state index in [1.165, 1.54) is 0 Å². The number of carboxylic acid groups (broad SMARTS) is 1. The van der Waals surface area contributed by atoms with Gasteiger partial charge in [-0.05, 0) is 26.2 Å². The standard InChI is InChI=1S/C13H26N2O4/c1-4-13(5-2,11(16)17)10-15-12(18)14-8-7-9-19-6-3/h4-10H2,1-3H3,(H,16,17)(H2,14,15,18). The molecule has 0 aliphatic heterocycles. The highest BCUT2D eigenvalue weighted by Gasteiger charge is 2.35. The molecule has 0 saturated heterocycles. The van der Waals surface area contributed by atoms with Crippen LogP contribution in [0.3, 0.4) is 0 Å². The Kier molecular flexibility index (Phi) is 8.95. The molecule has 3 N–H and O–H groups in total. The number of amides is 2. The number of carbonyl (C=O) groups excluding carboxylic acids is 1. The average Bonchev–Trinajstić information content (AvgIpc) is 2.40. The van der Waals surface area contributed by atoms with E-state index in [0.717, 1.165) is 6.42 Å². The first-order valence-corrected chi connectivity index (χ1v) is 6.85. The normalized spacial score (nSPS) is 11.1. The van der Waals surface area contributed by atoms with Gasteiger partial charge in [0.05, 0.1) is 5.41 Å². The van der Waals surface area contributed by atoms with Crippen LogP contribution < -0.4 is 10.6 Å². The monoisotopic (exact) mass is 274 g/mol. The zero-order valence-electron chi connectivity index (χ0n) is 12.1. The predicted molar refractivity (Wildman–Crippen MR) is 73.2 cm³/mol. The van der Waals surface area contributed by atoms with Crippen LogP contribution in [0.5, 0.6) is 0 Å². The Hall–Kier alpha value is -1.30. The van der Waals surface area contributed by atoms with E-state index in [9.17, 15) is 14.7 Å². The smallest absolute Gasteiger partial charge is 0.314 e. The lowest BCUT2D eigenvalue weighted by Crippen LogP contribution is -2.46. The molecule has 0 aromatic heterocycles. The number of carboxylic acids is 1.